The Morgan fingerprint density at radius 3 is 2.62 bits per heavy atom. The van der Waals surface area contributed by atoms with E-state index >= 15 is 0 Å². The van der Waals surface area contributed by atoms with Gasteiger partial charge in [0.25, 0.3) is 0 Å². The van der Waals surface area contributed by atoms with Gasteiger partial charge in [-0.3, -0.25) is 15.1 Å². The summed E-state index contributed by atoms with van der Waals surface area (Å²) in [6.07, 6.45) is 3.85. The predicted molar refractivity (Wildman–Crippen MR) is 136 cm³/mol. The van der Waals surface area contributed by atoms with Crippen LogP contribution < -0.4 is 11.1 Å². The first-order valence-electron chi connectivity index (χ1n) is 12.2. The number of carbonyl (C=O) groups is 1. The number of anilines is 1. The Kier molecular flexibility index (Phi) is 6.00. The highest BCUT2D eigenvalue weighted by atomic mass is 16.5. The maximum absolute atomic E-state index is 13.3. The number of benzene rings is 2. The summed E-state index contributed by atoms with van der Waals surface area (Å²) in [4.78, 5) is 19.9. The highest BCUT2D eigenvalue weighted by molar-refractivity contribution is 6.07. The van der Waals surface area contributed by atoms with Crippen LogP contribution in [0.5, 0.6) is 0 Å². The van der Waals surface area contributed by atoms with Crippen molar-refractivity contribution in [2.24, 2.45) is 10.7 Å². The third kappa shape index (κ3) is 4.03. The Morgan fingerprint density at radius 1 is 1.18 bits per heavy atom. The van der Waals surface area contributed by atoms with Gasteiger partial charge in [-0.1, -0.05) is 24.3 Å². The maximum atomic E-state index is 13.3. The molecule has 2 fully saturated rings. The van der Waals surface area contributed by atoms with Gasteiger partial charge in [-0.25, -0.2) is 4.99 Å². The minimum atomic E-state index is -0.414. The molecule has 2 aliphatic heterocycles. The molecule has 1 saturated heterocycles. The zero-order valence-electron chi connectivity index (χ0n) is 20.0. The summed E-state index contributed by atoms with van der Waals surface area (Å²) in [6.45, 7) is 7.35. The van der Waals surface area contributed by atoms with Crippen molar-refractivity contribution in [3.05, 3.63) is 53.1 Å². The van der Waals surface area contributed by atoms with E-state index in [0.717, 1.165) is 79.9 Å². The van der Waals surface area contributed by atoms with Gasteiger partial charge in [-0.2, -0.15) is 0 Å². The molecular weight excluding hydrogens is 426 g/mol. The van der Waals surface area contributed by atoms with Crippen molar-refractivity contribution < 1.29 is 9.53 Å². The van der Waals surface area contributed by atoms with Crippen LogP contribution in [0.15, 0.2) is 41.4 Å². The Balaban J connectivity index is 1.41. The summed E-state index contributed by atoms with van der Waals surface area (Å²) in [6, 6.07) is 12.8. The summed E-state index contributed by atoms with van der Waals surface area (Å²) in [5.41, 5.74) is 11.2. The Bertz CT molecular complexity index is 1150. The molecule has 5 rings (SSSR count). The lowest BCUT2D eigenvalue weighted by Gasteiger charge is -2.42. The number of nitrogens with zero attached hydrogens (tertiary/aromatic N) is 2. The van der Waals surface area contributed by atoms with Crippen LogP contribution in [0.4, 0.5) is 5.69 Å². The van der Waals surface area contributed by atoms with Gasteiger partial charge >= 0.3 is 0 Å². The van der Waals surface area contributed by atoms with Crippen LogP contribution in [-0.4, -0.2) is 54.8 Å². The molecule has 34 heavy (non-hydrogen) atoms. The number of morpholine rings is 1. The zero-order chi connectivity index (χ0) is 23.9. The number of amides is 1. The number of fused-ring (bicyclic) bond motifs is 2. The van der Waals surface area contributed by atoms with E-state index in [1.54, 1.807) is 6.92 Å². The van der Waals surface area contributed by atoms with Crippen LogP contribution in [0, 0.1) is 12.3 Å². The van der Waals surface area contributed by atoms with E-state index in [2.05, 4.69) is 40.3 Å². The summed E-state index contributed by atoms with van der Waals surface area (Å²) < 4.78 is 5.51. The van der Waals surface area contributed by atoms with E-state index in [-0.39, 0.29) is 11.7 Å². The zero-order valence-corrected chi connectivity index (χ0v) is 20.0. The van der Waals surface area contributed by atoms with Crippen LogP contribution in [0.1, 0.15) is 49.3 Å². The molecule has 1 saturated carbocycles. The first-order chi connectivity index (χ1) is 16.4. The number of rotatable bonds is 3. The summed E-state index contributed by atoms with van der Waals surface area (Å²) in [5.74, 6) is 0.646. The largest absolute Gasteiger partial charge is 0.387 e. The maximum Gasteiger partial charge on any atom is 0.235 e. The molecule has 1 aliphatic carbocycles. The highest BCUT2D eigenvalue weighted by Crippen LogP contribution is 2.49. The smallest absolute Gasteiger partial charge is 0.235 e. The van der Waals surface area contributed by atoms with Crippen LogP contribution in [-0.2, 0) is 14.9 Å². The van der Waals surface area contributed by atoms with Gasteiger partial charge in [0, 0.05) is 30.4 Å². The fourth-order valence-electron chi connectivity index (χ4n) is 5.82. The molecular formula is C27H33N5O2. The van der Waals surface area contributed by atoms with Gasteiger partial charge < -0.3 is 15.8 Å². The van der Waals surface area contributed by atoms with Crippen molar-refractivity contribution in [3.63, 3.8) is 0 Å². The number of ether oxygens (including phenoxy) is 1. The minimum absolute atomic E-state index is 0.139. The average molecular weight is 460 g/mol. The number of hydrogen-bond acceptors (Lipinski definition) is 4. The predicted octanol–water partition coefficient (Wildman–Crippen LogP) is 3.83. The molecule has 0 unspecified atom stereocenters. The first kappa shape index (κ1) is 22.7. The second-order valence-corrected chi connectivity index (χ2v) is 9.81. The fourth-order valence-corrected chi connectivity index (χ4v) is 5.82. The van der Waals surface area contributed by atoms with Crippen molar-refractivity contribution >= 4 is 23.3 Å². The van der Waals surface area contributed by atoms with Gasteiger partial charge in [0.2, 0.25) is 5.91 Å². The molecule has 0 bridgehead atoms. The van der Waals surface area contributed by atoms with Gasteiger partial charge in [0.05, 0.1) is 24.5 Å². The molecule has 7 heteroatoms. The fraction of sp³-hybridized carbons (Fsp3) is 0.444. The third-order valence-electron chi connectivity index (χ3n) is 7.70. The van der Waals surface area contributed by atoms with E-state index < -0.39 is 5.41 Å². The molecule has 0 radical (unpaired) electrons. The lowest BCUT2D eigenvalue weighted by Crippen LogP contribution is -2.48. The molecule has 2 heterocycles. The highest BCUT2D eigenvalue weighted by Gasteiger charge is 2.49. The van der Waals surface area contributed by atoms with Gasteiger partial charge in [0.15, 0.2) is 5.84 Å². The Labute approximate surface area is 200 Å². The number of nitrogens with one attached hydrogen (secondary N) is 2. The quantitative estimate of drug-likeness (QED) is 0.479. The van der Waals surface area contributed by atoms with E-state index in [1.165, 1.54) is 0 Å². The van der Waals surface area contributed by atoms with Crippen LogP contribution >= 0.6 is 0 Å². The van der Waals surface area contributed by atoms with E-state index in [4.69, 9.17) is 15.9 Å². The normalized spacial score (nSPS) is 25.3. The van der Waals surface area contributed by atoms with Crippen molar-refractivity contribution in [1.29, 1.82) is 5.41 Å². The van der Waals surface area contributed by atoms with E-state index in [0.29, 0.717) is 17.4 Å². The molecule has 7 nitrogen and oxygen atoms in total. The lowest BCUT2D eigenvalue weighted by molar-refractivity contribution is -0.122. The summed E-state index contributed by atoms with van der Waals surface area (Å²) in [5, 5.41) is 11.4. The number of carbonyl (C=O) groups excluding carboxylic acids is 1. The molecule has 178 valence electrons. The third-order valence-corrected chi connectivity index (χ3v) is 7.70. The van der Waals surface area contributed by atoms with Gasteiger partial charge in [0.1, 0.15) is 0 Å². The molecule has 0 aromatic heterocycles. The standard InChI is InChI=1S/C27H33N5O2/c1-17-3-4-20(25(29)30-18(2)28)15-22(17)19-5-6-23-24(16-19)31-26(33)27(23)9-7-21(8-10-27)32-11-13-34-14-12-32/h3-6,15-16,21H,7-14H2,1-2H3,(H,31,33)(H3,28,29,30). The Morgan fingerprint density at radius 2 is 1.91 bits per heavy atom. The number of aliphatic imine (C=N–C) groups is 1. The number of nitrogens with two attached hydrogens (primary N) is 1. The lowest BCUT2D eigenvalue weighted by atomic mass is 9.68. The summed E-state index contributed by atoms with van der Waals surface area (Å²) in [7, 11) is 0. The molecule has 3 aliphatic rings. The number of aryl methyl sites for hydroxylation is 1. The topological polar surface area (TPSA) is 104 Å². The van der Waals surface area contributed by atoms with Crippen molar-refractivity contribution in [1.82, 2.24) is 4.90 Å². The first-order valence-corrected chi connectivity index (χ1v) is 12.2. The number of hydrogen-bond donors (Lipinski definition) is 3. The monoisotopic (exact) mass is 459 g/mol. The molecule has 2 aromatic rings. The van der Waals surface area contributed by atoms with Crippen molar-refractivity contribution in [3.8, 4) is 11.1 Å². The minimum Gasteiger partial charge on any atom is -0.387 e. The second kappa shape index (κ2) is 8.96. The molecule has 2 aromatic carbocycles. The Hall–Kier alpha value is -3.03. The van der Waals surface area contributed by atoms with Crippen LogP contribution in [0.25, 0.3) is 11.1 Å². The molecule has 0 atom stereocenters. The van der Waals surface area contributed by atoms with E-state index in [1.807, 2.05) is 18.2 Å². The molecule has 4 N–H and O–H groups in total. The molecule has 1 spiro atoms. The molecule has 1 amide bonds. The SMILES string of the molecule is CC(N)=NC(=N)c1ccc(C)c(-c2ccc3c(c2)NC(=O)C32CCC(N3CCOCC3)CC2)c1. The number of amidine groups is 2. The van der Waals surface area contributed by atoms with Crippen molar-refractivity contribution in [2.45, 2.75) is 51.0 Å². The summed E-state index contributed by atoms with van der Waals surface area (Å²) >= 11 is 0. The average Bonchev–Trinajstić information content (AvgIpc) is 3.10. The van der Waals surface area contributed by atoms with Crippen LogP contribution in [0.2, 0.25) is 0 Å². The van der Waals surface area contributed by atoms with Crippen LogP contribution in [0.3, 0.4) is 0 Å². The van der Waals surface area contributed by atoms with Gasteiger partial charge in [-0.05, 0) is 73.9 Å². The van der Waals surface area contributed by atoms with Gasteiger partial charge in [-0.15, -0.1) is 0 Å². The van der Waals surface area contributed by atoms with E-state index in [9.17, 15) is 4.79 Å². The van der Waals surface area contributed by atoms with Crippen molar-refractivity contribution in [2.75, 3.05) is 31.6 Å². The second-order valence-electron chi connectivity index (χ2n) is 9.81.